The highest BCUT2D eigenvalue weighted by molar-refractivity contribution is 8.06. The Morgan fingerprint density at radius 1 is 1.57 bits per heavy atom. The molecule has 2 rings (SSSR count). The first-order valence-electron chi connectivity index (χ1n) is 4.15. The van der Waals surface area contributed by atoms with Crippen LogP contribution in [0.3, 0.4) is 0 Å². The van der Waals surface area contributed by atoms with Crippen LogP contribution in [-0.2, 0) is 0 Å². The van der Waals surface area contributed by atoms with Crippen LogP contribution in [0.15, 0.2) is 5.38 Å². The normalized spacial score (nSPS) is 22.1. The number of hydrogen-bond donors (Lipinski definition) is 1. The summed E-state index contributed by atoms with van der Waals surface area (Å²) in [6, 6.07) is 0. The van der Waals surface area contributed by atoms with Gasteiger partial charge in [-0.05, 0) is 0 Å². The summed E-state index contributed by atoms with van der Waals surface area (Å²) in [6.45, 7) is 0. The predicted molar refractivity (Wildman–Crippen MR) is 61.6 cm³/mol. The van der Waals surface area contributed by atoms with Gasteiger partial charge in [0.2, 0.25) is 0 Å². The molecule has 1 aliphatic rings. The Bertz CT molecular complexity index is 333. The van der Waals surface area contributed by atoms with E-state index in [0.717, 1.165) is 16.5 Å². The van der Waals surface area contributed by atoms with Crippen LogP contribution in [0.25, 0.3) is 0 Å². The Hall–Kier alpha value is -0.200. The van der Waals surface area contributed by atoms with E-state index in [4.69, 9.17) is 5.11 Å². The molecule has 1 N–H and O–H groups in total. The van der Waals surface area contributed by atoms with Crippen molar-refractivity contribution in [2.45, 2.75) is 5.25 Å². The Labute approximate surface area is 94.3 Å². The number of carbonyl (C=O) groups is 1. The van der Waals surface area contributed by atoms with Gasteiger partial charge in [0.1, 0.15) is 5.01 Å². The number of aromatic nitrogens is 1. The third kappa shape index (κ3) is 2.24. The summed E-state index contributed by atoms with van der Waals surface area (Å²) in [5, 5.41) is 11.7. The zero-order valence-corrected chi connectivity index (χ0v) is 9.75. The van der Waals surface area contributed by atoms with Crippen LogP contribution < -0.4 is 0 Å². The van der Waals surface area contributed by atoms with E-state index in [1.807, 2.05) is 23.5 Å². The molecule has 1 aromatic heterocycles. The van der Waals surface area contributed by atoms with Gasteiger partial charge in [-0.1, -0.05) is 0 Å². The van der Waals surface area contributed by atoms with E-state index < -0.39 is 5.97 Å². The highest BCUT2D eigenvalue weighted by atomic mass is 32.2. The fourth-order valence-electron chi connectivity index (χ4n) is 1.16. The van der Waals surface area contributed by atoms with Gasteiger partial charge in [-0.3, -0.25) is 0 Å². The lowest BCUT2D eigenvalue weighted by atomic mass is 10.4. The first kappa shape index (κ1) is 10.3. The maximum Gasteiger partial charge on any atom is 0.355 e. The number of thioether (sulfide) groups is 2. The van der Waals surface area contributed by atoms with Crippen LogP contribution in [0.5, 0.6) is 0 Å². The molecule has 1 unspecified atom stereocenters. The van der Waals surface area contributed by atoms with Gasteiger partial charge < -0.3 is 5.11 Å². The Morgan fingerprint density at radius 2 is 2.43 bits per heavy atom. The molecule has 0 bridgehead atoms. The second-order valence-electron chi connectivity index (χ2n) is 2.81. The number of nitrogens with zero attached hydrogens (tertiary/aromatic N) is 1. The minimum atomic E-state index is -0.930. The maximum absolute atomic E-state index is 10.6. The Morgan fingerprint density at radius 3 is 3.00 bits per heavy atom. The second kappa shape index (κ2) is 4.55. The van der Waals surface area contributed by atoms with Crippen molar-refractivity contribution >= 4 is 40.8 Å². The number of rotatable bonds is 2. The van der Waals surface area contributed by atoms with Gasteiger partial charge in [-0.25, -0.2) is 9.78 Å². The number of thiazole rings is 1. The van der Waals surface area contributed by atoms with Gasteiger partial charge in [0.15, 0.2) is 5.69 Å². The van der Waals surface area contributed by atoms with Gasteiger partial charge in [0, 0.05) is 22.6 Å². The molecule has 1 aliphatic heterocycles. The van der Waals surface area contributed by atoms with Crippen LogP contribution >= 0.6 is 34.9 Å². The summed E-state index contributed by atoms with van der Waals surface area (Å²) in [7, 11) is 0. The number of carboxylic acid groups (broad SMARTS) is 1. The molecule has 2 heterocycles. The molecule has 0 saturated carbocycles. The van der Waals surface area contributed by atoms with E-state index in [9.17, 15) is 4.79 Å². The molecule has 76 valence electrons. The molecule has 0 aromatic carbocycles. The van der Waals surface area contributed by atoms with Crippen molar-refractivity contribution in [3.05, 3.63) is 16.1 Å². The quantitative estimate of drug-likeness (QED) is 0.869. The van der Waals surface area contributed by atoms with E-state index >= 15 is 0 Å². The van der Waals surface area contributed by atoms with Crippen LogP contribution in [0.4, 0.5) is 0 Å². The van der Waals surface area contributed by atoms with Crippen molar-refractivity contribution < 1.29 is 9.90 Å². The van der Waals surface area contributed by atoms with Gasteiger partial charge in [-0.15, -0.1) is 23.1 Å². The smallest absolute Gasteiger partial charge is 0.355 e. The highest BCUT2D eigenvalue weighted by Gasteiger charge is 2.20. The Kier molecular flexibility index (Phi) is 3.35. The molecule has 0 amide bonds. The van der Waals surface area contributed by atoms with E-state index in [1.54, 1.807) is 5.38 Å². The SMILES string of the molecule is O=C(O)c1csc(C2CSCCS2)n1. The molecule has 1 aromatic rings. The summed E-state index contributed by atoms with van der Waals surface area (Å²) in [6.07, 6.45) is 0. The first-order valence-corrected chi connectivity index (χ1v) is 7.24. The predicted octanol–water partition coefficient (Wildman–Crippen LogP) is 2.36. The molecular weight excluding hydrogens is 238 g/mol. The fourth-order valence-corrected chi connectivity index (χ4v) is 4.96. The molecule has 0 spiro atoms. The second-order valence-corrected chi connectivity index (χ2v) is 6.16. The van der Waals surface area contributed by atoms with Crippen molar-refractivity contribution in [3.8, 4) is 0 Å². The number of carboxylic acids is 1. The average molecular weight is 247 g/mol. The van der Waals surface area contributed by atoms with Crippen molar-refractivity contribution in [2.24, 2.45) is 0 Å². The summed E-state index contributed by atoms with van der Waals surface area (Å²) >= 11 is 5.25. The van der Waals surface area contributed by atoms with Gasteiger partial charge >= 0.3 is 5.97 Å². The maximum atomic E-state index is 10.6. The average Bonchev–Trinajstić information content (AvgIpc) is 2.68. The minimum absolute atomic E-state index is 0.182. The topological polar surface area (TPSA) is 50.2 Å². The van der Waals surface area contributed by atoms with Crippen molar-refractivity contribution in [1.29, 1.82) is 0 Å². The third-order valence-corrected chi connectivity index (χ3v) is 5.70. The zero-order chi connectivity index (χ0) is 9.97. The zero-order valence-electron chi connectivity index (χ0n) is 7.30. The fraction of sp³-hybridized carbons (Fsp3) is 0.500. The molecule has 6 heteroatoms. The lowest BCUT2D eigenvalue weighted by molar-refractivity contribution is 0.0691. The lowest BCUT2D eigenvalue weighted by Gasteiger charge is -2.18. The molecule has 0 aliphatic carbocycles. The number of aromatic carboxylic acids is 1. The van der Waals surface area contributed by atoms with Crippen molar-refractivity contribution in [3.63, 3.8) is 0 Å². The van der Waals surface area contributed by atoms with Gasteiger partial charge in [-0.2, -0.15) is 11.8 Å². The van der Waals surface area contributed by atoms with Gasteiger partial charge in [0.25, 0.3) is 0 Å². The van der Waals surface area contributed by atoms with Crippen molar-refractivity contribution in [2.75, 3.05) is 17.3 Å². The van der Waals surface area contributed by atoms with E-state index in [2.05, 4.69) is 4.98 Å². The van der Waals surface area contributed by atoms with E-state index in [0.29, 0.717) is 5.25 Å². The molecule has 0 radical (unpaired) electrons. The van der Waals surface area contributed by atoms with E-state index in [1.165, 1.54) is 17.1 Å². The van der Waals surface area contributed by atoms with Crippen LogP contribution in [0.2, 0.25) is 0 Å². The molecule has 1 saturated heterocycles. The number of hydrogen-bond acceptors (Lipinski definition) is 5. The monoisotopic (exact) mass is 247 g/mol. The van der Waals surface area contributed by atoms with Crippen LogP contribution in [0.1, 0.15) is 20.7 Å². The summed E-state index contributed by atoms with van der Waals surface area (Å²) in [5.41, 5.74) is 0.182. The van der Waals surface area contributed by atoms with Gasteiger partial charge in [0.05, 0.1) is 5.25 Å². The molecule has 1 fully saturated rings. The lowest BCUT2D eigenvalue weighted by Crippen LogP contribution is -2.07. The molecular formula is C8H9NO2S3. The van der Waals surface area contributed by atoms with Crippen molar-refractivity contribution in [1.82, 2.24) is 4.98 Å². The molecule has 14 heavy (non-hydrogen) atoms. The standard InChI is InChI=1S/C8H9NO2S3/c10-8(11)5-3-14-7(9-5)6-4-12-1-2-13-6/h3,6H,1-2,4H2,(H,10,11). The first-order chi connectivity index (χ1) is 6.77. The molecule has 3 nitrogen and oxygen atoms in total. The largest absolute Gasteiger partial charge is 0.476 e. The Balaban J connectivity index is 2.11. The van der Waals surface area contributed by atoms with Crippen LogP contribution in [0, 0.1) is 0 Å². The summed E-state index contributed by atoms with van der Waals surface area (Å²) < 4.78 is 0. The summed E-state index contributed by atoms with van der Waals surface area (Å²) in [5.74, 6) is 2.45. The van der Waals surface area contributed by atoms with Crippen LogP contribution in [-0.4, -0.2) is 33.3 Å². The third-order valence-electron chi connectivity index (χ3n) is 1.83. The molecule has 1 atom stereocenters. The minimum Gasteiger partial charge on any atom is -0.476 e. The van der Waals surface area contributed by atoms with E-state index in [-0.39, 0.29) is 5.69 Å². The highest BCUT2D eigenvalue weighted by Crippen LogP contribution is 2.37. The summed E-state index contributed by atoms with van der Waals surface area (Å²) in [4.78, 5) is 14.7.